The van der Waals surface area contributed by atoms with Crippen molar-refractivity contribution < 1.29 is 19.1 Å². The number of carboxylic acids is 1. The van der Waals surface area contributed by atoms with Crippen molar-refractivity contribution in [3.8, 4) is 0 Å². The molecular weight excluding hydrogens is 269 g/mol. The molecule has 0 unspecified atom stereocenters. The highest BCUT2D eigenvalue weighted by atomic mass is 32.2. The average Bonchev–Trinajstić information content (AvgIpc) is 2.32. The minimum Gasteiger partial charge on any atom is -0.481 e. The zero-order valence-electron chi connectivity index (χ0n) is 10.6. The average molecular weight is 285 g/mol. The molecule has 0 aliphatic heterocycles. The van der Waals surface area contributed by atoms with Gasteiger partial charge < -0.3 is 10.4 Å². The van der Waals surface area contributed by atoms with Crippen LogP contribution in [0.2, 0.25) is 0 Å². The summed E-state index contributed by atoms with van der Waals surface area (Å²) in [5.41, 5.74) is 0.444. The van der Waals surface area contributed by atoms with Crippen LogP contribution in [-0.4, -0.2) is 28.5 Å². The van der Waals surface area contributed by atoms with Crippen LogP contribution < -0.4 is 5.32 Å². The van der Waals surface area contributed by atoms with E-state index >= 15 is 0 Å². The lowest BCUT2D eigenvalue weighted by Crippen LogP contribution is -2.14. The molecule has 0 heterocycles. The van der Waals surface area contributed by atoms with E-state index in [-0.39, 0.29) is 17.9 Å². The molecule has 1 amide bonds. The third-order valence-corrected chi connectivity index (χ3v) is 3.42. The first-order chi connectivity index (χ1) is 9.02. The molecule has 6 heteroatoms. The Balaban J connectivity index is 2.58. The molecule has 1 rings (SSSR count). The molecule has 0 spiro atoms. The predicted octanol–water partition coefficient (Wildman–Crippen LogP) is 2.53. The molecular formula is C13H16FNO3S. The monoisotopic (exact) mass is 285 g/mol. The van der Waals surface area contributed by atoms with E-state index in [0.29, 0.717) is 11.4 Å². The smallest absolute Gasteiger partial charge is 0.307 e. The highest BCUT2D eigenvalue weighted by Crippen LogP contribution is 2.15. The highest BCUT2D eigenvalue weighted by Gasteiger charge is 2.09. The number of anilines is 1. The summed E-state index contributed by atoms with van der Waals surface area (Å²) in [6.07, 6.45) is 0.628. The van der Waals surface area contributed by atoms with Gasteiger partial charge in [0.2, 0.25) is 5.91 Å². The van der Waals surface area contributed by atoms with Gasteiger partial charge >= 0.3 is 5.97 Å². The van der Waals surface area contributed by atoms with E-state index in [0.717, 1.165) is 18.2 Å². The first kappa shape index (κ1) is 15.5. The van der Waals surface area contributed by atoms with Gasteiger partial charge in [-0.1, -0.05) is 13.0 Å². The number of hydrogen-bond acceptors (Lipinski definition) is 3. The van der Waals surface area contributed by atoms with Gasteiger partial charge in [-0.25, -0.2) is 4.39 Å². The molecule has 0 bridgehead atoms. The molecule has 2 N–H and O–H groups in total. The zero-order chi connectivity index (χ0) is 14.3. The number of aliphatic carboxylic acids is 1. The topological polar surface area (TPSA) is 66.4 Å². The van der Waals surface area contributed by atoms with Crippen LogP contribution in [0.15, 0.2) is 18.2 Å². The van der Waals surface area contributed by atoms with E-state index in [4.69, 9.17) is 5.11 Å². The Morgan fingerprint density at radius 2 is 2.16 bits per heavy atom. The van der Waals surface area contributed by atoms with Gasteiger partial charge in [0.25, 0.3) is 0 Å². The molecule has 0 aliphatic rings. The van der Waals surface area contributed by atoms with Crippen LogP contribution >= 0.6 is 11.8 Å². The molecule has 0 radical (unpaired) electrons. The Bertz CT molecular complexity index is 465. The third kappa shape index (κ3) is 5.74. The molecule has 0 aliphatic carbocycles. The van der Waals surface area contributed by atoms with E-state index in [1.54, 1.807) is 0 Å². The number of halogens is 1. The summed E-state index contributed by atoms with van der Waals surface area (Å²) < 4.78 is 13.5. The number of benzene rings is 1. The van der Waals surface area contributed by atoms with Crippen molar-refractivity contribution in [1.82, 2.24) is 0 Å². The SMILES string of the molecule is CCCSCC(=O)Nc1ccc(CC(=O)O)c(F)c1. The number of carbonyl (C=O) groups is 2. The Labute approximate surface area is 115 Å². The first-order valence-electron chi connectivity index (χ1n) is 5.90. The standard InChI is InChI=1S/C13H16FNO3S/c1-2-5-19-8-12(16)15-10-4-3-9(6-13(17)18)11(14)7-10/h3-4,7H,2,5-6,8H2,1H3,(H,15,16)(H,17,18). The van der Waals surface area contributed by atoms with Crippen LogP contribution in [-0.2, 0) is 16.0 Å². The molecule has 1 aromatic carbocycles. The summed E-state index contributed by atoms with van der Waals surface area (Å²) in [4.78, 5) is 22.0. The summed E-state index contributed by atoms with van der Waals surface area (Å²) in [6, 6.07) is 4.02. The fraction of sp³-hybridized carbons (Fsp3) is 0.385. The molecule has 0 saturated heterocycles. The number of carbonyl (C=O) groups excluding carboxylic acids is 1. The molecule has 104 valence electrons. The molecule has 0 fully saturated rings. The van der Waals surface area contributed by atoms with Crippen molar-refractivity contribution in [1.29, 1.82) is 0 Å². The maximum Gasteiger partial charge on any atom is 0.307 e. The van der Waals surface area contributed by atoms with Gasteiger partial charge in [0.15, 0.2) is 0 Å². The lowest BCUT2D eigenvalue weighted by molar-refractivity contribution is -0.136. The highest BCUT2D eigenvalue weighted by molar-refractivity contribution is 7.99. The second-order valence-electron chi connectivity index (χ2n) is 3.98. The van der Waals surface area contributed by atoms with Crippen molar-refractivity contribution in [2.24, 2.45) is 0 Å². The quantitative estimate of drug-likeness (QED) is 0.756. The van der Waals surface area contributed by atoms with Gasteiger partial charge in [-0.3, -0.25) is 9.59 Å². The summed E-state index contributed by atoms with van der Waals surface area (Å²) in [7, 11) is 0. The van der Waals surface area contributed by atoms with E-state index in [2.05, 4.69) is 5.32 Å². The maximum absolute atomic E-state index is 13.5. The molecule has 1 aromatic rings. The van der Waals surface area contributed by atoms with E-state index in [1.165, 1.54) is 23.9 Å². The van der Waals surface area contributed by atoms with Gasteiger partial charge in [-0.2, -0.15) is 11.8 Å². The minimum absolute atomic E-state index is 0.103. The molecule has 4 nitrogen and oxygen atoms in total. The Kier molecular flexibility index (Phi) is 6.35. The number of amides is 1. The van der Waals surface area contributed by atoms with Crippen LogP contribution in [0, 0.1) is 5.82 Å². The Morgan fingerprint density at radius 3 is 2.74 bits per heavy atom. The van der Waals surface area contributed by atoms with E-state index in [9.17, 15) is 14.0 Å². The van der Waals surface area contributed by atoms with Crippen molar-refractivity contribution in [2.75, 3.05) is 16.8 Å². The van der Waals surface area contributed by atoms with Crippen molar-refractivity contribution in [3.63, 3.8) is 0 Å². The number of hydrogen-bond donors (Lipinski definition) is 2. The number of carboxylic acid groups (broad SMARTS) is 1. The largest absolute Gasteiger partial charge is 0.481 e. The first-order valence-corrected chi connectivity index (χ1v) is 7.06. The lowest BCUT2D eigenvalue weighted by atomic mass is 10.1. The zero-order valence-corrected chi connectivity index (χ0v) is 11.4. The van der Waals surface area contributed by atoms with Gasteiger partial charge in [0.1, 0.15) is 5.82 Å². The summed E-state index contributed by atoms with van der Waals surface area (Å²) in [6.45, 7) is 2.03. The van der Waals surface area contributed by atoms with Gasteiger partial charge in [-0.15, -0.1) is 0 Å². The molecule has 0 saturated carbocycles. The summed E-state index contributed by atoms with van der Waals surface area (Å²) in [5.74, 6) is -0.678. The molecule has 0 atom stereocenters. The van der Waals surface area contributed by atoms with Crippen LogP contribution in [0.1, 0.15) is 18.9 Å². The second kappa shape index (κ2) is 7.78. The van der Waals surface area contributed by atoms with Crippen LogP contribution in [0.4, 0.5) is 10.1 Å². The van der Waals surface area contributed by atoms with Gasteiger partial charge in [0.05, 0.1) is 12.2 Å². The molecule has 19 heavy (non-hydrogen) atoms. The van der Waals surface area contributed by atoms with Gasteiger partial charge in [0, 0.05) is 5.69 Å². The normalized spacial score (nSPS) is 10.2. The maximum atomic E-state index is 13.5. The number of thioether (sulfide) groups is 1. The fourth-order valence-electron chi connectivity index (χ4n) is 1.44. The van der Waals surface area contributed by atoms with Crippen molar-refractivity contribution >= 4 is 29.3 Å². The van der Waals surface area contributed by atoms with Crippen LogP contribution in [0.5, 0.6) is 0 Å². The second-order valence-corrected chi connectivity index (χ2v) is 5.08. The Morgan fingerprint density at radius 1 is 1.42 bits per heavy atom. The van der Waals surface area contributed by atoms with Crippen molar-refractivity contribution in [2.45, 2.75) is 19.8 Å². The predicted molar refractivity (Wildman–Crippen MR) is 74.0 cm³/mol. The third-order valence-electron chi connectivity index (χ3n) is 2.26. The lowest BCUT2D eigenvalue weighted by Gasteiger charge is -2.07. The van der Waals surface area contributed by atoms with E-state index in [1.807, 2.05) is 6.92 Å². The number of rotatable bonds is 7. The summed E-state index contributed by atoms with van der Waals surface area (Å²) in [5, 5.41) is 11.2. The van der Waals surface area contributed by atoms with E-state index < -0.39 is 11.8 Å². The van der Waals surface area contributed by atoms with Crippen molar-refractivity contribution in [3.05, 3.63) is 29.6 Å². The van der Waals surface area contributed by atoms with Crippen LogP contribution in [0.25, 0.3) is 0 Å². The summed E-state index contributed by atoms with van der Waals surface area (Å²) >= 11 is 1.51. The Hall–Kier alpha value is -1.56. The van der Waals surface area contributed by atoms with Gasteiger partial charge in [-0.05, 0) is 29.9 Å². The minimum atomic E-state index is -1.09. The van der Waals surface area contributed by atoms with Crippen LogP contribution in [0.3, 0.4) is 0 Å². The molecule has 0 aromatic heterocycles. The fourth-order valence-corrected chi connectivity index (χ4v) is 2.13. The number of nitrogens with one attached hydrogen (secondary N) is 1.